The van der Waals surface area contributed by atoms with E-state index in [1.165, 1.54) is 12.1 Å². The van der Waals surface area contributed by atoms with E-state index in [2.05, 4.69) is 4.18 Å². The zero-order valence-electron chi connectivity index (χ0n) is 7.59. The van der Waals surface area contributed by atoms with Gasteiger partial charge in [0, 0.05) is 6.07 Å². The van der Waals surface area contributed by atoms with Crippen LogP contribution in [0.15, 0.2) is 27.4 Å². The molecule has 0 aliphatic heterocycles. The van der Waals surface area contributed by atoms with Crippen molar-refractivity contribution < 1.29 is 17.0 Å². The van der Waals surface area contributed by atoms with Crippen LogP contribution in [0.1, 0.15) is 0 Å². The van der Waals surface area contributed by atoms with Crippen molar-refractivity contribution >= 4 is 31.7 Å². The molecule has 0 atom stereocenters. The van der Waals surface area contributed by atoms with E-state index < -0.39 is 15.1 Å². The van der Waals surface area contributed by atoms with Crippen molar-refractivity contribution in [3.8, 4) is 5.75 Å². The maximum Gasteiger partial charge on any atom is 0.396 e. The van der Waals surface area contributed by atoms with Gasteiger partial charge in [-0.25, -0.2) is 4.79 Å². The van der Waals surface area contributed by atoms with Gasteiger partial charge in [-0.2, -0.15) is 8.42 Å². The Hall–Kier alpha value is -1.34. The van der Waals surface area contributed by atoms with Crippen LogP contribution in [-0.2, 0) is 10.1 Å². The number of rotatable bonds is 2. The van der Waals surface area contributed by atoms with E-state index in [0.717, 1.165) is 17.6 Å². The molecule has 0 aliphatic carbocycles. The fourth-order valence-corrected chi connectivity index (χ4v) is 2.18. The van der Waals surface area contributed by atoms with Crippen molar-refractivity contribution in [2.45, 2.75) is 0 Å². The van der Waals surface area contributed by atoms with Gasteiger partial charge in [0.15, 0.2) is 5.58 Å². The lowest BCUT2D eigenvalue weighted by Gasteiger charge is -2.00. The van der Waals surface area contributed by atoms with Crippen LogP contribution in [0.2, 0.25) is 0 Å². The highest BCUT2D eigenvalue weighted by molar-refractivity contribution is 7.86. The maximum absolute atomic E-state index is 10.9. The third-order valence-corrected chi connectivity index (χ3v) is 2.85. The van der Waals surface area contributed by atoms with E-state index in [-0.39, 0.29) is 5.75 Å². The summed E-state index contributed by atoms with van der Waals surface area (Å²) in [5.74, 6) is 0.131. The van der Waals surface area contributed by atoms with Gasteiger partial charge in [0.2, 0.25) is 0 Å². The topological polar surface area (TPSA) is 73.6 Å². The van der Waals surface area contributed by atoms with E-state index >= 15 is 0 Å². The Morgan fingerprint density at radius 1 is 1.40 bits per heavy atom. The minimum Gasteiger partial charge on any atom is -0.414 e. The molecule has 0 bridgehead atoms. The van der Waals surface area contributed by atoms with Gasteiger partial charge >= 0.3 is 15.1 Å². The van der Waals surface area contributed by atoms with E-state index in [1.807, 2.05) is 0 Å². The lowest BCUT2D eigenvalue weighted by molar-refractivity contribution is 0.492. The largest absolute Gasteiger partial charge is 0.414 e. The summed E-state index contributed by atoms with van der Waals surface area (Å²) in [6.45, 7) is 0. The molecule has 0 unspecified atom stereocenters. The second kappa shape index (κ2) is 3.35. The molecule has 15 heavy (non-hydrogen) atoms. The Kier molecular flexibility index (Phi) is 2.28. The first-order valence-electron chi connectivity index (χ1n) is 3.87. The van der Waals surface area contributed by atoms with Gasteiger partial charge in [0.05, 0.1) is 11.0 Å². The predicted octanol–water partition coefficient (Wildman–Crippen LogP) is 1.19. The van der Waals surface area contributed by atoms with Gasteiger partial charge in [-0.05, 0) is 12.1 Å². The van der Waals surface area contributed by atoms with Crippen LogP contribution in [0.3, 0.4) is 0 Å². The van der Waals surface area contributed by atoms with Gasteiger partial charge < -0.3 is 8.60 Å². The third-order valence-electron chi connectivity index (χ3n) is 1.55. The summed E-state index contributed by atoms with van der Waals surface area (Å²) in [6, 6.07) is 4.41. The molecule has 1 aromatic carbocycles. The van der Waals surface area contributed by atoms with Crippen molar-refractivity contribution in [1.82, 2.24) is 0 Å². The second-order valence-electron chi connectivity index (χ2n) is 2.85. The van der Waals surface area contributed by atoms with Gasteiger partial charge in [-0.15, -0.1) is 0 Å². The molecule has 1 heterocycles. The smallest absolute Gasteiger partial charge is 0.396 e. The van der Waals surface area contributed by atoms with Crippen molar-refractivity contribution in [1.29, 1.82) is 0 Å². The molecular weight excluding hydrogens is 240 g/mol. The number of hydrogen-bond acceptors (Lipinski definition) is 6. The zero-order chi connectivity index (χ0) is 11.1. The average Bonchev–Trinajstić information content (AvgIpc) is 2.40. The molecular formula is C8H6O5S2. The Labute approximate surface area is 89.0 Å². The first-order chi connectivity index (χ1) is 6.94. The molecule has 0 aliphatic rings. The van der Waals surface area contributed by atoms with Crippen LogP contribution in [-0.4, -0.2) is 14.7 Å². The highest BCUT2D eigenvalue weighted by Crippen LogP contribution is 2.23. The van der Waals surface area contributed by atoms with Crippen molar-refractivity contribution in [3.05, 3.63) is 27.9 Å². The lowest BCUT2D eigenvalue weighted by Crippen LogP contribution is -2.05. The third kappa shape index (κ3) is 2.37. The molecule has 0 saturated heterocycles. The van der Waals surface area contributed by atoms with Crippen LogP contribution in [0.4, 0.5) is 0 Å². The summed E-state index contributed by atoms with van der Waals surface area (Å²) in [4.78, 5) is 10.4. The van der Waals surface area contributed by atoms with Gasteiger partial charge in [0.1, 0.15) is 5.75 Å². The van der Waals surface area contributed by atoms with E-state index in [0.29, 0.717) is 10.3 Å². The summed E-state index contributed by atoms with van der Waals surface area (Å²) in [6.07, 6.45) is 0.945. The molecule has 0 spiro atoms. The van der Waals surface area contributed by atoms with Gasteiger partial charge in [-0.1, -0.05) is 11.3 Å². The quantitative estimate of drug-likeness (QED) is 0.744. The van der Waals surface area contributed by atoms with Crippen LogP contribution < -0.4 is 9.12 Å². The monoisotopic (exact) mass is 246 g/mol. The Morgan fingerprint density at radius 2 is 2.13 bits per heavy atom. The van der Waals surface area contributed by atoms with Crippen molar-refractivity contribution in [3.63, 3.8) is 0 Å². The summed E-state index contributed by atoms with van der Waals surface area (Å²) < 4.78 is 31.8. The molecule has 0 fully saturated rings. The molecule has 0 saturated carbocycles. The van der Waals surface area contributed by atoms with E-state index in [1.54, 1.807) is 6.07 Å². The standard InChI is InChI=1S/C8H6O5S2/c1-15(10,11)13-5-2-3-7-6(4-5)12-8(9)14-7/h2-4H,1H3. The van der Waals surface area contributed by atoms with Crippen molar-refractivity contribution in [2.75, 3.05) is 6.26 Å². The number of benzene rings is 1. The summed E-state index contributed by atoms with van der Waals surface area (Å²) in [5, 5.41) is 0. The fraction of sp³-hybridized carbons (Fsp3) is 0.125. The summed E-state index contributed by atoms with van der Waals surface area (Å²) in [5.41, 5.74) is 0.325. The van der Waals surface area contributed by atoms with Crippen molar-refractivity contribution in [2.24, 2.45) is 0 Å². The Balaban J connectivity index is 2.51. The van der Waals surface area contributed by atoms with Crippen LogP contribution >= 0.6 is 11.3 Å². The first-order valence-corrected chi connectivity index (χ1v) is 6.50. The number of fused-ring (bicyclic) bond motifs is 1. The minimum absolute atomic E-state index is 0.131. The van der Waals surface area contributed by atoms with Crippen LogP contribution in [0.5, 0.6) is 5.75 Å². The van der Waals surface area contributed by atoms with Gasteiger partial charge in [-0.3, -0.25) is 0 Å². The summed E-state index contributed by atoms with van der Waals surface area (Å²) >= 11 is 0.952. The molecule has 1 aromatic heterocycles. The normalized spacial score (nSPS) is 11.8. The minimum atomic E-state index is -3.56. The van der Waals surface area contributed by atoms with E-state index in [4.69, 9.17) is 4.42 Å². The summed E-state index contributed by atoms with van der Waals surface area (Å²) in [7, 11) is -3.56. The average molecular weight is 246 g/mol. The van der Waals surface area contributed by atoms with Gasteiger partial charge in [0.25, 0.3) is 0 Å². The van der Waals surface area contributed by atoms with Crippen LogP contribution in [0.25, 0.3) is 10.3 Å². The lowest BCUT2D eigenvalue weighted by atomic mass is 10.3. The fourth-order valence-electron chi connectivity index (χ4n) is 1.08. The molecule has 0 amide bonds. The zero-order valence-corrected chi connectivity index (χ0v) is 9.22. The molecule has 2 aromatic rings. The second-order valence-corrected chi connectivity index (χ2v) is 5.40. The molecule has 7 heteroatoms. The highest BCUT2D eigenvalue weighted by atomic mass is 32.2. The highest BCUT2D eigenvalue weighted by Gasteiger charge is 2.07. The molecule has 0 radical (unpaired) electrons. The molecule has 5 nitrogen and oxygen atoms in total. The first kappa shape index (κ1) is 10.2. The molecule has 80 valence electrons. The number of hydrogen-bond donors (Lipinski definition) is 0. The predicted molar refractivity (Wildman–Crippen MR) is 55.8 cm³/mol. The maximum atomic E-state index is 10.9. The Bertz CT molecular complexity index is 649. The van der Waals surface area contributed by atoms with Crippen LogP contribution in [0, 0.1) is 0 Å². The molecule has 2 rings (SSSR count). The molecule has 0 N–H and O–H groups in total. The Morgan fingerprint density at radius 3 is 2.80 bits per heavy atom. The van der Waals surface area contributed by atoms with E-state index in [9.17, 15) is 13.2 Å². The SMILES string of the molecule is CS(=O)(=O)Oc1ccc2sc(=O)oc2c1.